The minimum Gasteiger partial charge on any atom is -0.196 e. The predicted octanol–water partition coefficient (Wildman–Crippen LogP) is 3.25. The fourth-order valence-corrected chi connectivity index (χ4v) is 1.99. The highest BCUT2D eigenvalue weighted by atomic mass is 35.5. The Bertz CT molecular complexity index is 412. The minimum atomic E-state index is -1.58. The fourth-order valence-electron chi connectivity index (χ4n) is 0.930. The van der Waals surface area contributed by atoms with Gasteiger partial charge in [0, 0.05) is 0 Å². The molecule has 0 aromatic carbocycles. The van der Waals surface area contributed by atoms with Crippen molar-refractivity contribution in [1.29, 1.82) is 10.5 Å². The van der Waals surface area contributed by atoms with Gasteiger partial charge in [0.1, 0.15) is 6.07 Å². The van der Waals surface area contributed by atoms with E-state index in [4.69, 9.17) is 56.9 Å². The maximum absolute atomic E-state index is 8.81. The number of rotatable bonds is 0. The van der Waals surface area contributed by atoms with Crippen LogP contribution in [0.15, 0.2) is 21.7 Å². The molecule has 0 bridgehead atoms. The van der Waals surface area contributed by atoms with Crippen LogP contribution >= 0.6 is 46.4 Å². The standard InChI is InChI=1S/C8H2Cl4N2/c9-5-1-4(2-13)6(10)7(11)8(5,12)3-14/h1,5H. The second kappa shape index (κ2) is 4.01. The van der Waals surface area contributed by atoms with Crippen molar-refractivity contribution < 1.29 is 0 Å². The van der Waals surface area contributed by atoms with Crippen molar-refractivity contribution in [2.24, 2.45) is 0 Å². The summed E-state index contributed by atoms with van der Waals surface area (Å²) < 4.78 is 0. The summed E-state index contributed by atoms with van der Waals surface area (Å²) in [6, 6.07) is 3.57. The van der Waals surface area contributed by atoms with Crippen LogP contribution in [0.25, 0.3) is 0 Å². The van der Waals surface area contributed by atoms with Crippen molar-refractivity contribution in [3.63, 3.8) is 0 Å². The number of allylic oxidation sites excluding steroid dienone is 4. The summed E-state index contributed by atoms with van der Waals surface area (Å²) in [6.07, 6.45) is 1.31. The van der Waals surface area contributed by atoms with Crippen molar-refractivity contribution in [3.05, 3.63) is 21.7 Å². The molecule has 1 rings (SSSR count). The average Bonchev–Trinajstić information content (AvgIpc) is 2.20. The van der Waals surface area contributed by atoms with E-state index in [9.17, 15) is 0 Å². The van der Waals surface area contributed by atoms with Crippen molar-refractivity contribution >= 4 is 46.4 Å². The Labute approximate surface area is 101 Å². The van der Waals surface area contributed by atoms with Crippen LogP contribution in [0.4, 0.5) is 0 Å². The van der Waals surface area contributed by atoms with Gasteiger partial charge in [-0.1, -0.05) is 34.8 Å². The maximum Gasteiger partial charge on any atom is 0.187 e. The van der Waals surface area contributed by atoms with Crippen LogP contribution in [0.2, 0.25) is 0 Å². The van der Waals surface area contributed by atoms with Gasteiger partial charge in [-0.25, -0.2) is 0 Å². The van der Waals surface area contributed by atoms with Crippen LogP contribution in [-0.4, -0.2) is 10.3 Å². The van der Waals surface area contributed by atoms with Gasteiger partial charge >= 0.3 is 0 Å². The molecule has 0 amide bonds. The summed E-state index contributed by atoms with van der Waals surface area (Å²) in [4.78, 5) is -1.58. The predicted molar refractivity (Wildman–Crippen MR) is 56.3 cm³/mol. The summed E-state index contributed by atoms with van der Waals surface area (Å²) >= 11 is 23.1. The molecule has 6 heteroatoms. The summed E-state index contributed by atoms with van der Waals surface area (Å²) in [5, 5.41) is 16.5. The Kier molecular flexibility index (Phi) is 3.35. The van der Waals surface area contributed by atoms with Crippen molar-refractivity contribution in [2.45, 2.75) is 10.3 Å². The number of nitrogens with zero attached hydrogens (tertiary/aromatic N) is 2. The van der Waals surface area contributed by atoms with Crippen molar-refractivity contribution in [1.82, 2.24) is 0 Å². The number of hydrogen-bond donors (Lipinski definition) is 0. The molecule has 0 spiro atoms. The van der Waals surface area contributed by atoms with E-state index >= 15 is 0 Å². The molecule has 0 saturated heterocycles. The fraction of sp³-hybridized carbons (Fsp3) is 0.250. The van der Waals surface area contributed by atoms with Gasteiger partial charge in [-0.05, 0) is 6.08 Å². The first kappa shape index (κ1) is 11.7. The van der Waals surface area contributed by atoms with Crippen LogP contribution in [-0.2, 0) is 0 Å². The molecule has 1 aliphatic rings. The van der Waals surface area contributed by atoms with E-state index in [-0.39, 0.29) is 15.6 Å². The van der Waals surface area contributed by atoms with E-state index in [1.54, 1.807) is 6.07 Å². The summed E-state index contributed by atoms with van der Waals surface area (Å²) in [5.41, 5.74) is 0.128. The van der Waals surface area contributed by atoms with E-state index in [1.807, 2.05) is 6.07 Å². The molecular formula is C8H2Cl4N2. The maximum atomic E-state index is 8.81. The third-order valence-corrected chi connectivity index (χ3v) is 3.87. The van der Waals surface area contributed by atoms with Gasteiger partial charge in [-0.15, -0.1) is 11.6 Å². The van der Waals surface area contributed by atoms with E-state index < -0.39 is 10.3 Å². The molecule has 0 aliphatic heterocycles. The highest BCUT2D eigenvalue weighted by Gasteiger charge is 2.43. The van der Waals surface area contributed by atoms with Gasteiger partial charge in [0.15, 0.2) is 4.87 Å². The Balaban J connectivity index is 3.35. The average molecular weight is 268 g/mol. The van der Waals surface area contributed by atoms with Crippen LogP contribution in [0.5, 0.6) is 0 Å². The Hall–Kier alpha value is -0.380. The minimum absolute atomic E-state index is 0.0254. The lowest BCUT2D eigenvalue weighted by Crippen LogP contribution is -2.33. The topological polar surface area (TPSA) is 47.6 Å². The van der Waals surface area contributed by atoms with Crippen molar-refractivity contribution in [3.8, 4) is 12.1 Å². The van der Waals surface area contributed by atoms with Gasteiger partial charge in [-0.3, -0.25) is 0 Å². The highest BCUT2D eigenvalue weighted by Crippen LogP contribution is 2.43. The molecule has 1 aliphatic carbocycles. The van der Waals surface area contributed by atoms with E-state index in [2.05, 4.69) is 0 Å². The molecule has 14 heavy (non-hydrogen) atoms. The highest BCUT2D eigenvalue weighted by molar-refractivity contribution is 6.49. The van der Waals surface area contributed by atoms with Crippen LogP contribution in [0, 0.1) is 22.7 Å². The molecular weight excluding hydrogens is 266 g/mol. The van der Waals surface area contributed by atoms with Crippen LogP contribution in [0.3, 0.4) is 0 Å². The molecule has 0 N–H and O–H groups in total. The number of halogens is 4. The second-order valence-corrected chi connectivity index (χ2v) is 4.37. The molecule has 0 aromatic rings. The first-order chi connectivity index (χ1) is 6.47. The van der Waals surface area contributed by atoms with E-state index in [0.29, 0.717) is 0 Å². The Morgan fingerprint density at radius 3 is 2.36 bits per heavy atom. The SMILES string of the molecule is N#CC1=CC(Cl)C(Cl)(C#N)C(Cl)=C1Cl. The molecule has 0 radical (unpaired) electrons. The molecule has 0 saturated carbocycles. The van der Waals surface area contributed by atoms with E-state index in [1.165, 1.54) is 6.08 Å². The largest absolute Gasteiger partial charge is 0.196 e. The lowest BCUT2D eigenvalue weighted by molar-refractivity contribution is 0.863. The normalized spacial score (nSPS) is 31.9. The molecule has 2 nitrogen and oxygen atoms in total. The van der Waals surface area contributed by atoms with Gasteiger partial charge in [-0.2, -0.15) is 10.5 Å². The van der Waals surface area contributed by atoms with Gasteiger partial charge < -0.3 is 0 Å². The van der Waals surface area contributed by atoms with Gasteiger partial charge in [0.25, 0.3) is 0 Å². The van der Waals surface area contributed by atoms with Crippen molar-refractivity contribution in [2.75, 3.05) is 0 Å². The monoisotopic (exact) mass is 266 g/mol. The lowest BCUT2D eigenvalue weighted by atomic mass is 9.96. The Morgan fingerprint density at radius 1 is 1.36 bits per heavy atom. The summed E-state index contributed by atoms with van der Waals surface area (Å²) in [5.74, 6) is 0. The molecule has 0 aromatic heterocycles. The number of nitriles is 2. The van der Waals surface area contributed by atoms with Crippen LogP contribution in [0.1, 0.15) is 0 Å². The zero-order valence-corrected chi connectivity index (χ0v) is 9.58. The molecule has 2 unspecified atom stereocenters. The van der Waals surface area contributed by atoms with Gasteiger partial charge in [0.2, 0.25) is 0 Å². The lowest BCUT2D eigenvalue weighted by Gasteiger charge is -2.26. The molecule has 0 fully saturated rings. The third-order valence-electron chi connectivity index (χ3n) is 1.72. The first-order valence-electron chi connectivity index (χ1n) is 3.39. The molecule has 0 heterocycles. The zero-order valence-electron chi connectivity index (χ0n) is 6.56. The summed E-state index contributed by atoms with van der Waals surface area (Å²) in [6.45, 7) is 0. The van der Waals surface area contributed by atoms with Crippen LogP contribution < -0.4 is 0 Å². The quantitative estimate of drug-likeness (QED) is 0.633. The summed E-state index contributed by atoms with van der Waals surface area (Å²) in [7, 11) is 0. The second-order valence-electron chi connectivity index (χ2n) is 2.55. The number of alkyl halides is 2. The smallest absolute Gasteiger partial charge is 0.187 e. The molecule has 2 atom stereocenters. The first-order valence-corrected chi connectivity index (χ1v) is 4.96. The third kappa shape index (κ3) is 1.60. The number of hydrogen-bond acceptors (Lipinski definition) is 2. The zero-order chi connectivity index (χ0) is 10.9. The van der Waals surface area contributed by atoms with Gasteiger partial charge in [0.05, 0.1) is 27.1 Å². The molecule has 72 valence electrons. The van der Waals surface area contributed by atoms with E-state index in [0.717, 1.165) is 0 Å². The Morgan fingerprint density at radius 2 is 1.93 bits per heavy atom.